The van der Waals surface area contributed by atoms with Gasteiger partial charge in [0.2, 0.25) is 5.91 Å². The second-order valence-electron chi connectivity index (χ2n) is 5.62. The molecule has 1 heterocycles. The highest BCUT2D eigenvalue weighted by atomic mass is 19.1. The van der Waals surface area contributed by atoms with Crippen LogP contribution < -0.4 is 0 Å². The van der Waals surface area contributed by atoms with E-state index >= 15 is 0 Å². The molecule has 0 unspecified atom stereocenters. The highest BCUT2D eigenvalue weighted by molar-refractivity contribution is 6.05. The number of carboxylic acids is 1. The van der Waals surface area contributed by atoms with E-state index in [1.165, 1.54) is 12.1 Å². The predicted octanol–water partition coefficient (Wildman–Crippen LogP) is 2.31. The minimum atomic E-state index is -1.17. The number of amides is 1. The van der Waals surface area contributed by atoms with Gasteiger partial charge in [0.1, 0.15) is 11.2 Å². The van der Waals surface area contributed by atoms with Crippen LogP contribution in [0.2, 0.25) is 0 Å². The number of halogens is 1. The lowest BCUT2D eigenvalue weighted by Crippen LogP contribution is -2.42. The number of carbonyl (C=O) groups excluding carboxylic acids is 1. The molecule has 1 N–H and O–H groups in total. The van der Waals surface area contributed by atoms with Gasteiger partial charge in [0.25, 0.3) is 0 Å². The zero-order chi connectivity index (χ0) is 15.0. The standard InChI is InChI=1S/C16H16FNO3/c17-13-3-1-11(2-4-13)12-5-9-18(10-6-12)14(19)16(7-8-16)15(20)21/h1-5H,6-10H2,(H,20,21). The monoisotopic (exact) mass is 289 g/mol. The molecule has 1 aliphatic heterocycles. The fourth-order valence-corrected chi connectivity index (χ4v) is 2.73. The van der Waals surface area contributed by atoms with Crippen LogP contribution in [0.3, 0.4) is 0 Å². The normalized spacial score (nSPS) is 19.9. The Hall–Kier alpha value is -2.17. The van der Waals surface area contributed by atoms with E-state index in [9.17, 15) is 14.0 Å². The Morgan fingerprint density at radius 1 is 1.19 bits per heavy atom. The van der Waals surface area contributed by atoms with Crippen molar-refractivity contribution in [1.82, 2.24) is 4.90 Å². The molecule has 1 amide bonds. The van der Waals surface area contributed by atoms with Gasteiger partial charge in [-0.25, -0.2) is 4.39 Å². The number of nitrogens with zero attached hydrogens (tertiary/aromatic N) is 1. The first-order valence-electron chi connectivity index (χ1n) is 7.01. The van der Waals surface area contributed by atoms with E-state index in [0.29, 0.717) is 32.4 Å². The van der Waals surface area contributed by atoms with Gasteiger partial charge in [0.15, 0.2) is 0 Å². The summed E-state index contributed by atoms with van der Waals surface area (Å²) in [4.78, 5) is 25.1. The molecule has 1 fully saturated rings. The number of rotatable bonds is 3. The van der Waals surface area contributed by atoms with Gasteiger partial charge in [-0.2, -0.15) is 0 Å². The summed E-state index contributed by atoms with van der Waals surface area (Å²) in [6.45, 7) is 0.928. The Balaban J connectivity index is 1.71. The maximum atomic E-state index is 12.9. The van der Waals surface area contributed by atoms with Crippen molar-refractivity contribution in [3.63, 3.8) is 0 Å². The lowest BCUT2D eigenvalue weighted by Gasteiger charge is -2.29. The second-order valence-corrected chi connectivity index (χ2v) is 5.62. The molecule has 21 heavy (non-hydrogen) atoms. The Labute approximate surface area is 121 Å². The van der Waals surface area contributed by atoms with Gasteiger partial charge in [-0.3, -0.25) is 9.59 Å². The molecule has 0 aromatic heterocycles. The van der Waals surface area contributed by atoms with Gasteiger partial charge in [0, 0.05) is 13.1 Å². The molecular weight excluding hydrogens is 273 g/mol. The smallest absolute Gasteiger partial charge is 0.319 e. The zero-order valence-corrected chi connectivity index (χ0v) is 11.5. The average Bonchev–Trinajstić information content (AvgIpc) is 3.29. The fraction of sp³-hybridized carbons (Fsp3) is 0.375. The van der Waals surface area contributed by atoms with E-state index in [0.717, 1.165) is 11.1 Å². The van der Waals surface area contributed by atoms with Crippen LogP contribution in [0.25, 0.3) is 5.57 Å². The van der Waals surface area contributed by atoms with Crippen LogP contribution in [0.4, 0.5) is 4.39 Å². The first-order chi connectivity index (χ1) is 10.0. The molecular formula is C16H16FNO3. The summed E-state index contributed by atoms with van der Waals surface area (Å²) in [5, 5.41) is 9.16. The van der Waals surface area contributed by atoms with Crippen LogP contribution in [0.15, 0.2) is 30.3 Å². The third-order valence-corrected chi connectivity index (χ3v) is 4.28. The molecule has 3 rings (SSSR count). The van der Waals surface area contributed by atoms with Crippen LogP contribution in [0.1, 0.15) is 24.8 Å². The molecule has 0 spiro atoms. The van der Waals surface area contributed by atoms with Crippen LogP contribution in [0, 0.1) is 11.2 Å². The van der Waals surface area contributed by atoms with Crippen molar-refractivity contribution in [3.05, 3.63) is 41.7 Å². The molecule has 1 aromatic rings. The summed E-state index contributed by atoms with van der Waals surface area (Å²) in [6.07, 6.45) is 3.46. The minimum absolute atomic E-state index is 0.274. The molecule has 1 aliphatic carbocycles. The van der Waals surface area contributed by atoms with Gasteiger partial charge in [-0.1, -0.05) is 18.2 Å². The minimum Gasteiger partial charge on any atom is -0.480 e. The van der Waals surface area contributed by atoms with Crippen molar-refractivity contribution in [2.24, 2.45) is 5.41 Å². The van der Waals surface area contributed by atoms with Crippen LogP contribution in [-0.2, 0) is 9.59 Å². The Morgan fingerprint density at radius 2 is 1.86 bits per heavy atom. The van der Waals surface area contributed by atoms with Gasteiger partial charge >= 0.3 is 5.97 Å². The van der Waals surface area contributed by atoms with E-state index in [1.54, 1.807) is 17.0 Å². The molecule has 110 valence electrons. The summed E-state index contributed by atoms with van der Waals surface area (Å²) in [5.41, 5.74) is 0.850. The second kappa shape index (κ2) is 4.98. The summed E-state index contributed by atoms with van der Waals surface area (Å²) in [5.74, 6) is -1.56. The maximum Gasteiger partial charge on any atom is 0.319 e. The molecule has 0 atom stereocenters. The highest BCUT2D eigenvalue weighted by Crippen LogP contribution is 2.47. The lowest BCUT2D eigenvalue weighted by atomic mass is 9.98. The first-order valence-corrected chi connectivity index (χ1v) is 7.01. The van der Waals surface area contributed by atoms with Crippen LogP contribution in [0.5, 0.6) is 0 Å². The highest BCUT2D eigenvalue weighted by Gasteiger charge is 2.58. The number of hydrogen-bond acceptors (Lipinski definition) is 2. The average molecular weight is 289 g/mol. The number of carboxylic acid groups (broad SMARTS) is 1. The summed E-state index contributed by atoms with van der Waals surface area (Å²) in [7, 11) is 0. The Morgan fingerprint density at radius 3 is 2.33 bits per heavy atom. The predicted molar refractivity (Wildman–Crippen MR) is 74.9 cm³/mol. The number of carbonyl (C=O) groups is 2. The van der Waals surface area contributed by atoms with Crippen LogP contribution in [-0.4, -0.2) is 35.0 Å². The fourth-order valence-electron chi connectivity index (χ4n) is 2.73. The third kappa shape index (κ3) is 2.44. The van der Waals surface area contributed by atoms with E-state index in [2.05, 4.69) is 0 Å². The van der Waals surface area contributed by atoms with Crippen molar-refractivity contribution in [1.29, 1.82) is 0 Å². The van der Waals surface area contributed by atoms with Crippen LogP contribution >= 0.6 is 0 Å². The van der Waals surface area contributed by atoms with Crippen molar-refractivity contribution >= 4 is 17.4 Å². The number of aliphatic carboxylic acids is 1. The molecule has 1 saturated carbocycles. The maximum absolute atomic E-state index is 12.9. The quantitative estimate of drug-likeness (QED) is 0.869. The summed E-state index contributed by atoms with van der Waals surface area (Å²) >= 11 is 0. The largest absolute Gasteiger partial charge is 0.480 e. The summed E-state index contributed by atoms with van der Waals surface area (Å²) < 4.78 is 12.9. The van der Waals surface area contributed by atoms with Crippen molar-refractivity contribution in [2.45, 2.75) is 19.3 Å². The zero-order valence-electron chi connectivity index (χ0n) is 11.5. The molecule has 5 heteroatoms. The van der Waals surface area contributed by atoms with Crippen molar-refractivity contribution in [3.8, 4) is 0 Å². The summed E-state index contributed by atoms with van der Waals surface area (Å²) in [6, 6.07) is 6.27. The molecule has 0 radical (unpaired) electrons. The number of hydrogen-bond donors (Lipinski definition) is 1. The third-order valence-electron chi connectivity index (χ3n) is 4.28. The Kier molecular flexibility index (Phi) is 3.27. The van der Waals surface area contributed by atoms with E-state index in [1.807, 2.05) is 6.08 Å². The van der Waals surface area contributed by atoms with Gasteiger partial charge in [-0.15, -0.1) is 0 Å². The SMILES string of the molecule is O=C(O)C1(C(=O)N2CC=C(c3ccc(F)cc3)CC2)CC1. The van der Waals surface area contributed by atoms with E-state index in [-0.39, 0.29) is 11.7 Å². The molecule has 0 saturated heterocycles. The van der Waals surface area contributed by atoms with E-state index < -0.39 is 11.4 Å². The molecule has 4 nitrogen and oxygen atoms in total. The first kappa shape index (κ1) is 13.8. The molecule has 1 aromatic carbocycles. The lowest BCUT2D eigenvalue weighted by molar-refractivity contribution is -0.153. The van der Waals surface area contributed by atoms with Gasteiger partial charge < -0.3 is 10.0 Å². The van der Waals surface area contributed by atoms with E-state index in [4.69, 9.17) is 5.11 Å². The topological polar surface area (TPSA) is 57.6 Å². The molecule has 0 bridgehead atoms. The molecule has 2 aliphatic rings. The Bertz CT molecular complexity index is 617. The number of benzene rings is 1. The van der Waals surface area contributed by atoms with Crippen molar-refractivity contribution < 1.29 is 19.1 Å². The van der Waals surface area contributed by atoms with Crippen molar-refractivity contribution in [2.75, 3.05) is 13.1 Å². The van der Waals surface area contributed by atoms with Gasteiger partial charge in [-0.05, 0) is 42.5 Å². The van der Waals surface area contributed by atoms with Gasteiger partial charge in [0.05, 0.1) is 0 Å².